The number of benzene rings is 3. The van der Waals surface area contributed by atoms with Crippen LogP contribution in [0.5, 0.6) is 11.5 Å². The molecule has 5 nitrogen and oxygen atoms in total. The molecular formula is C27H28ClNO4. The van der Waals surface area contributed by atoms with Crippen molar-refractivity contribution in [2.45, 2.75) is 25.5 Å². The predicted octanol–water partition coefficient (Wildman–Crippen LogP) is 5.81. The zero-order valence-corrected chi connectivity index (χ0v) is 19.4. The lowest BCUT2D eigenvalue weighted by atomic mass is 9.91. The molecule has 1 atom stereocenters. The molecule has 3 aromatic rings. The molecule has 4 rings (SSSR count). The maximum Gasteiger partial charge on any atom is 0.306 e. The molecule has 3 aromatic carbocycles. The summed E-state index contributed by atoms with van der Waals surface area (Å²) >= 11 is 6.38. The summed E-state index contributed by atoms with van der Waals surface area (Å²) < 4.78 is 11.8. The number of carbonyl (C=O) groups is 1. The maximum absolute atomic E-state index is 11.5. The minimum Gasteiger partial charge on any atom is -0.496 e. The molecule has 1 heterocycles. The van der Waals surface area contributed by atoms with E-state index in [1.54, 1.807) is 7.11 Å². The van der Waals surface area contributed by atoms with Crippen molar-refractivity contribution in [3.05, 3.63) is 94.5 Å². The highest BCUT2D eigenvalue weighted by molar-refractivity contribution is 6.30. The zero-order valence-electron chi connectivity index (χ0n) is 18.6. The van der Waals surface area contributed by atoms with Crippen LogP contribution >= 0.6 is 11.6 Å². The Balaban J connectivity index is 1.65. The van der Waals surface area contributed by atoms with Crippen LogP contribution in [0.2, 0.25) is 5.02 Å². The summed E-state index contributed by atoms with van der Waals surface area (Å²) in [5.41, 5.74) is 3.11. The third kappa shape index (κ3) is 5.67. The molecule has 1 unspecified atom stereocenters. The molecule has 6 heteroatoms. The molecule has 172 valence electrons. The number of likely N-dealkylation sites (tertiary alicyclic amines) is 1. The first-order chi connectivity index (χ1) is 16.0. The smallest absolute Gasteiger partial charge is 0.306 e. The Hall–Kier alpha value is -3.02. The summed E-state index contributed by atoms with van der Waals surface area (Å²) in [7, 11) is 1.65. The number of methoxy groups -OCH3 is 1. The minimum absolute atomic E-state index is 0.131. The lowest BCUT2D eigenvalue weighted by Gasteiger charge is -2.37. The van der Waals surface area contributed by atoms with Crippen LogP contribution < -0.4 is 9.47 Å². The Morgan fingerprint density at radius 2 is 1.82 bits per heavy atom. The van der Waals surface area contributed by atoms with E-state index in [2.05, 4.69) is 17.0 Å². The van der Waals surface area contributed by atoms with Crippen molar-refractivity contribution in [2.24, 2.45) is 5.92 Å². The van der Waals surface area contributed by atoms with Gasteiger partial charge in [-0.15, -0.1) is 0 Å². The van der Waals surface area contributed by atoms with E-state index in [4.69, 9.17) is 21.1 Å². The van der Waals surface area contributed by atoms with E-state index >= 15 is 0 Å². The van der Waals surface area contributed by atoms with Gasteiger partial charge in [0, 0.05) is 10.6 Å². The van der Waals surface area contributed by atoms with Crippen LogP contribution in [-0.4, -0.2) is 36.2 Å². The van der Waals surface area contributed by atoms with Gasteiger partial charge in [-0.25, -0.2) is 0 Å². The molecule has 1 saturated heterocycles. The number of hydrogen-bond acceptors (Lipinski definition) is 4. The minimum atomic E-state index is -0.720. The van der Waals surface area contributed by atoms with Crippen LogP contribution in [0.3, 0.4) is 0 Å². The van der Waals surface area contributed by atoms with Crippen molar-refractivity contribution in [3.63, 3.8) is 0 Å². The Morgan fingerprint density at radius 1 is 1.06 bits per heavy atom. The molecule has 1 N–H and O–H groups in total. The molecule has 0 spiro atoms. The molecule has 0 bridgehead atoms. The average Bonchev–Trinajstić information content (AvgIpc) is 2.84. The second kappa shape index (κ2) is 10.7. The number of ether oxygens (including phenoxy) is 2. The lowest BCUT2D eigenvalue weighted by molar-refractivity contribution is -0.143. The summed E-state index contributed by atoms with van der Waals surface area (Å²) in [5.74, 6) is 0.509. The predicted molar refractivity (Wildman–Crippen MR) is 129 cm³/mol. The molecule has 1 fully saturated rings. The van der Waals surface area contributed by atoms with Crippen LogP contribution in [0, 0.1) is 5.92 Å². The number of piperidine rings is 1. The second-order valence-electron chi connectivity index (χ2n) is 8.28. The van der Waals surface area contributed by atoms with Gasteiger partial charge < -0.3 is 14.6 Å². The Labute approximate surface area is 199 Å². The molecule has 1 aliphatic heterocycles. The van der Waals surface area contributed by atoms with Gasteiger partial charge in [0.25, 0.3) is 0 Å². The molecule has 33 heavy (non-hydrogen) atoms. The van der Waals surface area contributed by atoms with Gasteiger partial charge in [0.2, 0.25) is 0 Å². The second-order valence-corrected chi connectivity index (χ2v) is 8.72. The molecule has 0 aromatic heterocycles. The number of halogens is 1. The van der Waals surface area contributed by atoms with Crippen LogP contribution in [0.1, 0.15) is 35.6 Å². The first-order valence-corrected chi connectivity index (χ1v) is 11.5. The van der Waals surface area contributed by atoms with Crippen LogP contribution in [0.25, 0.3) is 0 Å². The number of rotatable bonds is 8. The molecule has 0 aliphatic carbocycles. The van der Waals surface area contributed by atoms with Gasteiger partial charge in [0.15, 0.2) is 0 Å². The fourth-order valence-corrected chi connectivity index (χ4v) is 4.61. The molecular weight excluding hydrogens is 438 g/mol. The number of aliphatic carboxylic acids is 1. The standard InChI is InChI=1S/C27H28ClNO4/c1-32-25-11-10-22(28)17-24(25)26(29-14-12-20(13-15-29)27(30)31)21-8-5-9-23(16-21)33-18-19-6-3-2-4-7-19/h2-11,16-17,20,26H,12-15,18H2,1H3,(H,30,31). The van der Waals surface area contributed by atoms with E-state index in [0.717, 1.165) is 28.2 Å². The van der Waals surface area contributed by atoms with Crippen molar-refractivity contribution < 1.29 is 19.4 Å². The van der Waals surface area contributed by atoms with Crippen molar-refractivity contribution in [3.8, 4) is 11.5 Å². The van der Waals surface area contributed by atoms with Crippen LogP contribution in [-0.2, 0) is 11.4 Å². The highest BCUT2D eigenvalue weighted by Crippen LogP contribution is 2.39. The van der Waals surface area contributed by atoms with E-state index in [-0.39, 0.29) is 12.0 Å². The fraction of sp³-hybridized carbons (Fsp3) is 0.296. The van der Waals surface area contributed by atoms with Gasteiger partial charge in [-0.2, -0.15) is 0 Å². The van der Waals surface area contributed by atoms with Crippen molar-refractivity contribution >= 4 is 17.6 Å². The summed E-state index contributed by atoms with van der Waals surface area (Å²) in [6.07, 6.45) is 1.22. The highest BCUT2D eigenvalue weighted by Gasteiger charge is 2.32. The van der Waals surface area contributed by atoms with Gasteiger partial charge in [0.1, 0.15) is 18.1 Å². The van der Waals surface area contributed by atoms with E-state index in [0.29, 0.717) is 37.6 Å². The Kier molecular flexibility index (Phi) is 7.53. The zero-order chi connectivity index (χ0) is 23.2. The number of nitrogens with zero attached hydrogens (tertiary/aromatic N) is 1. The number of carboxylic acids is 1. The van der Waals surface area contributed by atoms with Crippen molar-refractivity contribution in [1.82, 2.24) is 4.90 Å². The fourth-order valence-electron chi connectivity index (χ4n) is 4.43. The normalized spacial score (nSPS) is 15.7. The summed E-state index contributed by atoms with van der Waals surface area (Å²) in [6, 6.07) is 23.6. The quantitative estimate of drug-likeness (QED) is 0.454. The first kappa shape index (κ1) is 23.1. The Morgan fingerprint density at radius 3 is 2.52 bits per heavy atom. The van der Waals surface area contributed by atoms with Crippen molar-refractivity contribution in [1.29, 1.82) is 0 Å². The topological polar surface area (TPSA) is 59.0 Å². The van der Waals surface area contributed by atoms with E-state index < -0.39 is 5.97 Å². The summed E-state index contributed by atoms with van der Waals surface area (Å²) in [6.45, 7) is 1.83. The lowest BCUT2D eigenvalue weighted by Crippen LogP contribution is -2.39. The largest absolute Gasteiger partial charge is 0.496 e. The third-order valence-corrected chi connectivity index (χ3v) is 6.39. The summed E-state index contributed by atoms with van der Waals surface area (Å²) in [5, 5.41) is 10.1. The SMILES string of the molecule is COc1ccc(Cl)cc1C(c1cccc(OCc2ccccc2)c1)N1CCC(C(=O)O)CC1. The van der Waals surface area contributed by atoms with E-state index in [9.17, 15) is 9.90 Å². The summed E-state index contributed by atoms with van der Waals surface area (Å²) in [4.78, 5) is 13.8. The highest BCUT2D eigenvalue weighted by atomic mass is 35.5. The van der Waals surface area contributed by atoms with Gasteiger partial charge in [-0.3, -0.25) is 9.69 Å². The van der Waals surface area contributed by atoms with Gasteiger partial charge in [0.05, 0.1) is 19.1 Å². The molecule has 0 amide bonds. The van der Waals surface area contributed by atoms with E-state index in [1.165, 1.54) is 0 Å². The average molecular weight is 466 g/mol. The number of hydrogen-bond donors (Lipinski definition) is 1. The number of carboxylic acid groups (broad SMARTS) is 1. The van der Waals surface area contributed by atoms with Gasteiger partial charge in [-0.05, 0) is 67.4 Å². The monoisotopic (exact) mass is 465 g/mol. The van der Waals surface area contributed by atoms with Crippen molar-refractivity contribution in [2.75, 3.05) is 20.2 Å². The van der Waals surface area contributed by atoms with Crippen LogP contribution in [0.15, 0.2) is 72.8 Å². The maximum atomic E-state index is 11.5. The molecule has 0 radical (unpaired) electrons. The van der Waals surface area contributed by atoms with Gasteiger partial charge >= 0.3 is 5.97 Å². The molecule has 1 aliphatic rings. The Bertz CT molecular complexity index is 1080. The van der Waals surface area contributed by atoms with E-state index in [1.807, 2.05) is 60.7 Å². The molecule has 0 saturated carbocycles. The third-order valence-electron chi connectivity index (χ3n) is 6.15. The van der Waals surface area contributed by atoms with Crippen LogP contribution in [0.4, 0.5) is 0 Å². The van der Waals surface area contributed by atoms with Gasteiger partial charge in [-0.1, -0.05) is 54.1 Å². The first-order valence-electron chi connectivity index (χ1n) is 11.1.